The number of hydrogen-bond acceptors (Lipinski definition) is 3. The summed E-state index contributed by atoms with van der Waals surface area (Å²) < 4.78 is 5.64. The highest BCUT2D eigenvalue weighted by atomic mass is 79.9. The van der Waals surface area contributed by atoms with Crippen molar-refractivity contribution in [2.45, 2.75) is 26.8 Å². The molecule has 0 radical (unpaired) electrons. The largest absolute Gasteiger partial charge is 0.465 e. The van der Waals surface area contributed by atoms with Crippen LogP contribution in [0.3, 0.4) is 0 Å². The van der Waals surface area contributed by atoms with Crippen LogP contribution in [0.4, 0.5) is 0 Å². The van der Waals surface area contributed by atoms with Gasteiger partial charge in [-0.1, -0.05) is 27.5 Å². The highest BCUT2D eigenvalue weighted by Crippen LogP contribution is 2.23. The molecule has 1 aromatic carbocycles. The zero-order valence-corrected chi connectivity index (χ0v) is 14.0. The molecule has 0 atom stereocenters. The van der Waals surface area contributed by atoms with Crippen molar-refractivity contribution in [2.24, 2.45) is 0 Å². The Hall–Kier alpha value is -1.07. The SMILES string of the molecule is CCOC(=O)CN(C(=O)c1cc(Br)ccc1Cl)C(C)C. The second-order valence-corrected chi connectivity index (χ2v) is 5.78. The van der Waals surface area contributed by atoms with Crippen molar-refractivity contribution >= 4 is 39.4 Å². The van der Waals surface area contributed by atoms with Crippen LogP contribution >= 0.6 is 27.5 Å². The lowest BCUT2D eigenvalue weighted by molar-refractivity contribution is -0.144. The average molecular weight is 363 g/mol. The zero-order valence-electron chi connectivity index (χ0n) is 11.7. The fraction of sp³-hybridized carbons (Fsp3) is 0.429. The summed E-state index contributed by atoms with van der Waals surface area (Å²) in [4.78, 5) is 25.5. The molecule has 0 saturated carbocycles. The second-order valence-electron chi connectivity index (χ2n) is 4.46. The number of ether oxygens (including phenoxy) is 1. The van der Waals surface area contributed by atoms with Crippen LogP contribution in [0, 0.1) is 0 Å². The quantitative estimate of drug-likeness (QED) is 0.753. The van der Waals surface area contributed by atoms with Crippen LogP contribution in [0.25, 0.3) is 0 Å². The first kappa shape index (κ1) is 17.0. The van der Waals surface area contributed by atoms with Gasteiger partial charge >= 0.3 is 5.97 Å². The van der Waals surface area contributed by atoms with E-state index < -0.39 is 5.97 Å². The summed E-state index contributed by atoms with van der Waals surface area (Å²) in [6.45, 7) is 5.60. The molecule has 0 aliphatic carbocycles. The Morgan fingerprint density at radius 1 is 1.40 bits per heavy atom. The van der Waals surface area contributed by atoms with Crippen molar-refractivity contribution in [3.05, 3.63) is 33.3 Å². The summed E-state index contributed by atoms with van der Waals surface area (Å²) in [5, 5.41) is 0.354. The number of rotatable bonds is 5. The van der Waals surface area contributed by atoms with Gasteiger partial charge in [0.15, 0.2) is 0 Å². The van der Waals surface area contributed by atoms with Gasteiger partial charge in [0.1, 0.15) is 6.54 Å². The van der Waals surface area contributed by atoms with Gasteiger partial charge in [-0.05, 0) is 39.0 Å². The number of hydrogen-bond donors (Lipinski definition) is 0. The monoisotopic (exact) mass is 361 g/mol. The predicted molar refractivity (Wildman–Crippen MR) is 82.0 cm³/mol. The highest BCUT2D eigenvalue weighted by Gasteiger charge is 2.24. The number of halogens is 2. The number of nitrogens with zero attached hydrogens (tertiary/aromatic N) is 1. The number of amides is 1. The van der Waals surface area contributed by atoms with Crippen molar-refractivity contribution < 1.29 is 14.3 Å². The molecule has 110 valence electrons. The molecule has 6 heteroatoms. The van der Waals surface area contributed by atoms with E-state index in [9.17, 15) is 9.59 Å². The summed E-state index contributed by atoms with van der Waals surface area (Å²) in [6.07, 6.45) is 0. The molecule has 1 aromatic rings. The Morgan fingerprint density at radius 3 is 2.60 bits per heavy atom. The molecule has 4 nitrogen and oxygen atoms in total. The molecule has 0 N–H and O–H groups in total. The summed E-state index contributed by atoms with van der Waals surface area (Å²) in [7, 11) is 0. The molecule has 0 bridgehead atoms. The Bertz CT molecular complexity index is 505. The molecule has 0 aromatic heterocycles. The van der Waals surface area contributed by atoms with E-state index in [0.717, 1.165) is 4.47 Å². The molecule has 0 heterocycles. The van der Waals surface area contributed by atoms with Gasteiger partial charge in [-0.3, -0.25) is 9.59 Å². The Kier molecular flexibility index (Phi) is 6.49. The number of carbonyl (C=O) groups is 2. The first-order valence-electron chi connectivity index (χ1n) is 6.28. The lowest BCUT2D eigenvalue weighted by Gasteiger charge is -2.26. The molecule has 0 aliphatic rings. The second kappa shape index (κ2) is 7.64. The topological polar surface area (TPSA) is 46.6 Å². The third kappa shape index (κ3) is 4.49. The lowest BCUT2D eigenvalue weighted by Crippen LogP contribution is -2.41. The predicted octanol–water partition coefficient (Wildman–Crippen LogP) is 3.52. The van der Waals surface area contributed by atoms with Crippen LogP contribution in [0.2, 0.25) is 5.02 Å². The molecule has 1 amide bonds. The van der Waals surface area contributed by atoms with Gasteiger partial charge in [-0.15, -0.1) is 0 Å². The number of esters is 1. The smallest absolute Gasteiger partial charge is 0.325 e. The number of carbonyl (C=O) groups excluding carboxylic acids is 2. The minimum atomic E-state index is -0.430. The minimum absolute atomic E-state index is 0.0901. The van der Waals surface area contributed by atoms with Gasteiger partial charge in [-0.25, -0.2) is 0 Å². The fourth-order valence-electron chi connectivity index (χ4n) is 1.65. The van der Waals surface area contributed by atoms with Crippen molar-refractivity contribution in [1.82, 2.24) is 4.90 Å². The molecule has 0 saturated heterocycles. The maximum absolute atomic E-state index is 12.5. The molecule has 0 unspecified atom stereocenters. The van der Waals surface area contributed by atoms with Gasteiger partial charge in [0.05, 0.1) is 17.2 Å². The van der Waals surface area contributed by atoms with Gasteiger partial charge in [0.25, 0.3) is 5.91 Å². The van der Waals surface area contributed by atoms with Gasteiger partial charge in [0.2, 0.25) is 0 Å². The Labute approximate surface area is 132 Å². The molecular weight excluding hydrogens is 346 g/mol. The van der Waals surface area contributed by atoms with Crippen molar-refractivity contribution in [3.63, 3.8) is 0 Å². The molecule has 0 aliphatic heterocycles. The standard InChI is InChI=1S/C14H17BrClNO3/c1-4-20-13(18)8-17(9(2)3)14(19)11-7-10(15)5-6-12(11)16/h5-7,9H,4,8H2,1-3H3. The van der Waals surface area contributed by atoms with E-state index in [1.54, 1.807) is 25.1 Å². The summed E-state index contributed by atoms with van der Waals surface area (Å²) in [5.74, 6) is -0.722. The average Bonchev–Trinajstić information content (AvgIpc) is 2.38. The zero-order chi connectivity index (χ0) is 15.3. The summed E-state index contributed by atoms with van der Waals surface area (Å²) in [5.41, 5.74) is 0.360. The van der Waals surface area contributed by atoms with Crippen LogP contribution in [-0.4, -0.2) is 36.0 Å². The molecule has 0 spiro atoms. The highest BCUT2D eigenvalue weighted by molar-refractivity contribution is 9.10. The minimum Gasteiger partial charge on any atom is -0.465 e. The first-order valence-corrected chi connectivity index (χ1v) is 7.45. The molecule has 1 rings (SSSR count). The maximum Gasteiger partial charge on any atom is 0.325 e. The van der Waals surface area contributed by atoms with Crippen LogP contribution in [0.15, 0.2) is 22.7 Å². The van der Waals surface area contributed by atoms with E-state index in [-0.39, 0.29) is 25.1 Å². The van der Waals surface area contributed by atoms with E-state index in [4.69, 9.17) is 16.3 Å². The number of benzene rings is 1. The molecule has 20 heavy (non-hydrogen) atoms. The van der Waals surface area contributed by atoms with E-state index >= 15 is 0 Å². The van der Waals surface area contributed by atoms with Crippen molar-refractivity contribution in [1.29, 1.82) is 0 Å². The van der Waals surface area contributed by atoms with E-state index in [1.807, 2.05) is 13.8 Å². The molecular formula is C14H17BrClNO3. The Morgan fingerprint density at radius 2 is 2.05 bits per heavy atom. The van der Waals surface area contributed by atoms with Crippen molar-refractivity contribution in [3.8, 4) is 0 Å². The van der Waals surface area contributed by atoms with Crippen LogP contribution in [0.5, 0.6) is 0 Å². The molecule has 0 fully saturated rings. The third-order valence-corrected chi connectivity index (χ3v) is 3.47. The van der Waals surface area contributed by atoms with Crippen LogP contribution in [-0.2, 0) is 9.53 Å². The summed E-state index contributed by atoms with van der Waals surface area (Å²) >= 11 is 9.36. The lowest BCUT2D eigenvalue weighted by atomic mass is 10.1. The third-order valence-electron chi connectivity index (χ3n) is 2.65. The van der Waals surface area contributed by atoms with Crippen LogP contribution in [0.1, 0.15) is 31.1 Å². The first-order chi connectivity index (χ1) is 9.36. The van der Waals surface area contributed by atoms with Crippen molar-refractivity contribution in [2.75, 3.05) is 13.2 Å². The normalized spacial score (nSPS) is 10.5. The summed E-state index contributed by atoms with van der Waals surface area (Å²) in [6, 6.07) is 4.90. The van der Waals surface area contributed by atoms with E-state index in [1.165, 1.54) is 4.90 Å². The maximum atomic E-state index is 12.5. The van der Waals surface area contributed by atoms with Gasteiger partial charge < -0.3 is 9.64 Å². The van der Waals surface area contributed by atoms with E-state index in [2.05, 4.69) is 15.9 Å². The van der Waals surface area contributed by atoms with E-state index in [0.29, 0.717) is 10.6 Å². The van der Waals surface area contributed by atoms with Crippen LogP contribution < -0.4 is 0 Å². The Balaban J connectivity index is 2.99. The fourth-order valence-corrected chi connectivity index (χ4v) is 2.21. The van der Waals surface area contributed by atoms with Gasteiger partial charge in [-0.2, -0.15) is 0 Å². The van der Waals surface area contributed by atoms with Gasteiger partial charge in [0, 0.05) is 10.5 Å².